The molecule has 0 aliphatic heterocycles. The van der Waals surface area contributed by atoms with Gasteiger partial charge in [-0.2, -0.15) is 9.29 Å². The zero-order chi connectivity index (χ0) is 21.3. The Bertz CT molecular complexity index is 1100. The fourth-order valence-electron chi connectivity index (χ4n) is 1.83. The molecule has 16 nitrogen and oxygen atoms in total. The predicted octanol–water partition coefficient (Wildman–Crippen LogP) is -0.399. The van der Waals surface area contributed by atoms with Crippen molar-refractivity contribution in [2.24, 2.45) is 0 Å². The molecule has 0 radical (unpaired) electrons. The molecular formula is C9H14N5O11P3. The van der Waals surface area contributed by atoms with Crippen LogP contribution in [-0.2, 0) is 33.6 Å². The van der Waals surface area contributed by atoms with Crippen LogP contribution in [0.2, 0.25) is 0 Å². The molecule has 7 N–H and O–H groups in total. The van der Waals surface area contributed by atoms with E-state index in [-0.39, 0.29) is 29.4 Å². The first-order chi connectivity index (χ1) is 12.7. The number of phosphoric acid groups is 2. The quantitative estimate of drug-likeness (QED) is 0.205. The molecule has 0 saturated heterocycles. The first-order valence-electron chi connectivity index (χ1n) is 6.81. The number of aromatic nitrogens is 4. The van der Waals surface area contributed by atoms with Crippen LogP contribution >= 0.6 is 23.2 Å². The summed E-state index contributed by atoms with van der Waals surface area (Å²) in [6.07, 6.45) is -0.00456. The van der Waals surface area contributed by atoms with Crippen LogP contribution in [0.1, 0.15) is 0 Å². The number of H-pyrrole nitrogens is 1. The molecule has 2 rings (SSSR count). The fraction of sp³-hybridized carbons (Fsp3) is 0.222. The minimum atomic E-state index is -5.56. The van der Waals surface area contributed by atoms with Gasteiger partial charge in [0.1, 0.15) is 5.76 Å². The minimum Gasteiger partial charge on any atom is -0.484 e. The fourth-order valence-corrected chi connectivity index (χ4v) is 5.12. The van der Waals surface area contributed by atoms with Gasteiger partial charge in [0, 0.05) is 0 Å². The van der Waals surface area contributed by atoms with Crippen LogP contribution in [0.3, 0.4) is 0 Å². The molecule has 2 heterocycles. The molecule has 2 atom stereocenters. The monoisotopic (exact) mass is 461 g/mol. The molecule has 28 heavy (non-hydrogen) atoms. The highest BCUT2D eigenvalue weighted by Gasteiger charge is 2.40. The zero-order valence-corrected chi connectivity index (χ0v) is 16.3. The number of anilines is 1. The van der Waals surface area contributed by atoms with Crippen molar-refractivity contribution in [2.75, 3.05) is 12.1 Å². The number of hydrogen-bond donors (Lipinski definition) is 6. The molecule has 0 fully saturated rings. The van der Waals surface area contributed by atoms with Gasteiger partial charge in [0.15, 0.2) is 17.5 Å². The van der Waals surface area contributed by atoms with Gasteiger partial charge in [-0.3, -0.25) is 14.3 Å². The first kappa shape index (κ1) is 22.4. The molecule has 2 aromatic rings. The second-order valence-electron chi connectivity index (χ2n) is 5.07. The number of ether oxygens (including phenoxy) is 1. The molecule has 2 unspecified atom stereocenters. The van der Waals surface area contributed by atoms with Crippen molar-refractivity contribution in [1.82, 2.24) is 19.5 Å². The Morgan fingerprint density at radius 3 is 2.50 bits per heavy atom. The highest BCUT2D eigenvalue weighted by molar-refractivity contribution is 7.68. The first-order valence-corrected chi connectivity index (χ1v) is 11.6. The van der Waals surface area contributed by atoms with Gasteiger partial charge < -0.3 is 34.6 Å². The van der Waals surface area contributed by atoms with Gasteiger partial charge in [0.25, 0.3) is 5.56 Å². The van der Waals surface area contributed by atoms with Crippen LogP contribution in [0.4, 0.5) is 5.95 Å². The average Bonchev–Trinajstić information content (AvgIpc) is 2.84. The second-order valence-corrected chi connectivity index (χ2v) is 9.83. The summed E-state index contributed by atoms with van der Waals surface area (Å²) < 4.78 is 46.9. The van der Waals surface area contributed by atoms with E-state index in [0.29, 0.717) is 0 Å². The van der Waals surface area contributed by atoms with E-state index >= 15 is 0 Å². The number of aromatic amines is 1. The Labute approximate surface area is 155 Å². The Kier molecular flexibility index (Phi) is 6.31. The number of nitrogens with zero attached hydrogens (tertiary/aromatic N) is 3. The summed E-state index contributed by atoms with van der Waals surface area (Å²) in [5, 5.41) is 0. The molecule has 19 heteroatoms. The van der Waals surface area contributed by atoms with Crippen LogP contribution in [0, 0.1) is 0 Å². The third-order valence-corrected chi connectivity index (χ3v) is 6.69. The van der Waals surface area contributed by atoms with Gasteiger partial charge in [-0.15, -0.1) is 0 Å². The summed E-state index contributed by atoms with van der Waals surface area (Å²) in [5.74, 6) is -0.357. The van der Waals surface area contributed by atoms with E-state index in [1.807, 2.05) is 0 Å². The van der Waals surface area contributed by atoms with Crippen LogP contribution < -0.4 is 11.3 Å². The lowest BCUT2D eigenvalue weighted by Gasteiger charge is -2.17. The lowest BCUT2D eigenvalue weighted by Crippen LogP contribution is -2.13. The summed E-state index contributed by atoms with van der Waals surface area (Å²) in [5.41, 5.74) is 4.88. The SMILES string of the molecule is C=C(Cn1cnc2c(=O)[nH]c(N)nc21)OCP(=O)(O)OP(=O)(O)OP(=O)(O)O. The summed E-state index contributed by atoms with van der Waals surface area (Å²) in [4.78, 5) is 57.1. The zero-order valence-electron chi connectivity index (χ0n) is 13.6. The second kappa shape index (κ2) is 7.87. The van der Waals surface area contributed by atoms with Gasteiger partial charge in [-0.1, -0.05) is 6.58 Å². The molecule has 0 aromatic carbocycles. The summed E-state index contributed by atoms with van der Waals surface area (Å²) in [6.45, 7) is 3.24. The Morgan fingerprint density at radius 1 is 1.25 bits per heavy atom. The van der Waals surface area contributed by atoms with Crippen molar-refractivity contribution in [3.05, 3.63) is 29.0 Å². The minimum absolute atomic E-state index is 0.0334. The number of allylic oxidation sites excluding steroid dienone is 1. The number of nitrogens with one attached hydrogen (secondary N) is 1. The number of nitrogen functional groups attached to an aromatic ring is 1. The lowest BCUT2D eigenvalue weighted by molar-refractivity contribution is 0.196. The molecule has 2 aromatic heterocycles. The summed E-state index contributed by atoms with van der Waals surface area (Å²) in [7, 11) is -16.0. The highest BCUT2D eigenvalue weighted by atomic mass is 31.3. The molecule has 0 aliphatic rings. The van der Waals surface area contributed by atoms with E-state index in [1.54, 1.807) is 0 Å². The van der Waals surface area contributed by atoms with Crippen LogP contribution in [0.15, 0.2) is 23.5 Å². The maximum absolute atomic E-state index is 11.7. The summed E-state index contributed by atoms with van der Waals surface area (Å²) in [6, 6.07) is 0. The molecule has 0 amide bonds. The van der Waals surface area contributed by atoms with Crippen molar-refractivity contribution in [3.8, 4) is 0 Å². The lowest BCUT2D eigenvalue weighted by atomic mass is 10.5. The van der Waals surface area contributed by atoms with Crippen molar-refractivity contribution in [2.45, 2.75) is 6.54 Å². The summed E-state index contributed by atoms with van der Waals surface area (Å²) >= 11 is 0. The van der Waals surface area contributed by atoms with E-state index in [1.165, 1.54) is 10.9 Å². The number of fused-ring (bicyclic) bond motifs is 1. The molecule has 0 aliphatic carbocycles. The van der Waals surface area contributed by atoms with E-state index in [4.69, 9.17) is 25.2 Å². The number of nitrogens with two attached hydrogens (primary N) is 1. The van der Waals surface area contributed by atoms with E-state index in [2.05, 4.69) is 30.2 Å². The van der Waals surface area contributed by atoms with Gasteiger partial charge in [-0.05, 0) is 0 Å². The Balaban J connectivity index is 2.02. The van der Waals surface area contributed by atoms with Crippen molar-refractivity contribution >= 4 is 40.4 Å². The molecule has 0 bridgehead atoms. The predicted molar refractivity (Wildman–Crippen MR) is 91.5 cm³/mol. The number of imidazole rings is 1. The normalized spacial score (nSPS) is 16.4. The maximum atomic E-state index is 11.7. The van der Waals surface area contributed by atoms with E-state index < -0.39 is 35.1 Å². The Morgan fingerprint density at radius 2 is 1.89 bits per heavy atom. The third-order valence-electron chi connectivity index (χ3n) is 2.71. The van der Waals surface area contributed by atoms with Crippen LogP contribution in [0.5, 0.6) is 0 Å². The topological polar surface area (TPSA) is 249 Å². The molecule has 0 saturated carbocycles. The maximum Gasteiger partial charge on any atom is 0.488 e. The van der Waals surface area contributed by atoms with Crippen LogP contribution in [0.25, 0.3) is 11.2 Å². The van der Waals surface area contributed by atoms with Gasteiger partial charge in [0.2, 0.25) is 5.95 Å². The average molecular weight is 461 g/mol. The van der Waals surface area contributed by atoms with E-state index in [9.17, 15) is 23.4 Å². The number of rotatable bonds is 9. The highest BCUT2D eigenvalue weighted by Crippen LogP contribution is 2.65. The van der Waals surface area contributed by atoms with Crippen molar-refractivity contribution < 1.29 is 46.6 Å². The van der Waals surface area contributed by atoms with Gasteiger partial charge >= 0.3 is 23.2 Å². The van der Waals surface area contributed by atoms with Gasteiger partial charge in [0.05, 0.1) is 12.9 Å². The molecule has 0 spiro atoms. The largest absolute Gasteiger partial charge is 0.488 e. The van der Waals surface area contributed by atoms with Crippen molar-refractivity contribution in [1.29, 1.82) is 0 Å². The Hall–Kier alpha value is -1.86. The third kappa shape index (κ3) is 6.34. The van der Waals surface area contributed by atoms with Crippen molar-refractivity contribution in [3.63, 3.8) is 0 Å². The number of hydrogen-bond acceptors (Lipinski definition) is 10. The van der Waals surface area contributed by atoms with Gasteiger partial charge in [-0.25, -0.2) is 18.4 Å². The van der Waals surface area contributed by atoms with E-state index in [0.717, 1.165) is 0 Å². The van der Waals surface area contributed by atoms with Crippen LogP contribution in [-0.4, -0.2) is 45.4 Å². The molecular weight excluding hydrogens is 447 g/mol. The smallest absolute Gasteiger partial charge is 0.484 e. The molecule has 156 valence electrons. The standard InChI is InChI=1S/C9H14N5O11P3/c1-5(2-14-3-11-6-7(14)12-9(10)13-8(6)15)23-4-26(16,17)24-28(21,22)25-27(18,19)20/h3H,1-2,4H2,(H,16,17)(H,21,22)(H2,18,19,20)(H3,10,12,13,15).